The van der Waals surface area contributed by atoms with E-state index >= 15 is 0 Å². The number of rotatable bonds is 6. The van der Waals surface area contributed by atoms with E-state index in [0.29, 0.717) is 0 Å². The summed E-state index contributed by atoms with van der Waals surface area (Å²) in [6, 6.07) is 0. The minimum atomic E-state index is -1.27. The van der Waals surface area contributed by atoms with E-state index in [1.165, 1.54) is 34.6 Å². The Morgan fingerprint density at radius 1 is 1.00 bits per heavy atom. The molecule has 0 amide bonds. The molecule has 10 heavy (non-hydrogen) atoms. The van der Waals surface area contributed by atoms with Gasteiger partial charge in [-0.15, -0.1) is 0 Å². The molecule has 60 valence electrons. The van der Waals surface area contributed by atoms with Gasteiger partial charge in [0.2, 0.25) is 0 Å². The Balaban J connectivity index is 3.00. The van der Waals surface area contributed by atoms with Crippen LogP contribution in [-0.2, 0) is 0 Å². The maximum atomic E-state index is 6.24. The van der Waals surface area contributed by atoms with Gasteiger partial charge < -0.3 is 0 Å². The first-order valence-electron chi connectivity index (χ1n) is 4.31. The zero-order valence-electron chi connectivity index (χ0n) is 7.12. The predicted molar refractivity (Wildman–Crippen MR) is 51.0 cm³/mol. The summed E-state index contributed by atoms with van der Waals surface area (Å²) in [6.45, 7) is 4.49. The Hall–Kier alpha value is 1.09. The molecule has 2 heteroatoms. The van der Waals surface area contributed by atoms with E-state index in [9.17, 15) is 0 Å². The number of unbranched alkanes of at least 4 members (excludes halogenated alkanes) is 2. The van der Waals surface area contributed by atoms with E-state index < -0.39 is 18.6 Å². The molecule has 0 unspecified atom stereocenters. The Morgan fingerprint density at radius 2 is 1.40 bits per heavy atom. The molecule has 0 saturated heterocycles. The van der Waals surface area contributed by atoms with Crippen LogP contribution in [0.25, 0.3) is 0 Å². The Bertz CT molecular complexity index is 58.3. The average molecular weight is 268 g/mol. The van der Waals surface area contributed by atoms with Gasteiger partial charge in [-0.2, -0.15) is 0 Å². The molecule has 0 aromatic carbocycles. The van der Waals surface area contributed by atoms with Crippen LogP contribution in [0.5, 0.6) is 0 Å². The van der Waals surface area contributed by atoms with E-state index in [2.05, 4.69) is 13.8 Å². The standard InChI is InChI=1S/2C4H9.ClH.Sn/c2*1-3-4-2;;/h2*1,3-4H2,2H3;1H;/q;;;+2/p-1. The summed E-state index contributed by atoms with van der Waals surface area (Å²) in [5.74, 6) is 0. The molecule has 0 aromatic heterocycles. The molecule has 0 rings (SSSR count). The third kappa shape index (κ3) is 7.20. The van der Waals surface area contributed by atoms with E-state index in [1.54, 1.807) is 0 Å². The summed E-state index contributed by atoms with van der Waals surface area (Å²) in [7, 11) is 6.24. The second-order valence-corrected chi connectivity index (χ2v) is 12.1. The average Bonchev–Trinajstić information content (AvgIpc) is 1.97. The number of hydrogen-bond donors (Lipinski definition) is 0. The zero-order chi connectivity index (χ0) is 7.82. The van der Waals surface area contributed by atoms with Crippen molar-refractivity contribution in [2.75, 3.05) is 0 Å². The third-order valence-corrected chi connectivity index (χ3v) is 9.25. The van der Waals surface area contributed by atoms with Gasteiger partial charge in [-0.3, -0.25) is 0 Å². The van der Waals surface area contributed by atoms with Gasteiger partial charge in [0, 0.05) is 0 Å². The van der Waals surface area contributed by atoms with Crippen LogP contribution in [0.1, 0.15) is 39.5 Å². The molecule has 0 nitrogen and oxygen atoms in total. The van der Waals surface area contributed by atoms with Crippen molar-refractivity contribution < 1.29 is 0 Å². The van der Waals surface area contributed by atoms with Crippen molar-refractivity contribution in [1.82, 2.24) is 0 Å². The van der Waals surface area contributed by atoms with Crippen molar-refractivity contribution in [2.24, 2.45) is 0 Å². The number of halogens is 1. The van der Waals surface area contributed by atoms with Crippen molar-refractivity contribution in [3.05, 3.63) is 0 Å². The molecule has 0 saturated carbocycles. The summed E-state index contributed by atoms with van der Waals surface area (Å²) in [6.07, 6.45) is 5.40. The van der Waals surface area contributed by atoms with Gasteiger partial charge in [-0.25, -0.2) is 0 Å². The topological polar surface area (TPSA) is 0 Å². The molecule has 0 fully saturated rings. The second-order valence-electron chi connectivity index (χ2n) is 2.72. The van der Waals surface area contributed by atoms with Gasteiger partial charge in [-0.05, 0) is 0 Å². The Kier molecular flexibility index (Phi) is 9.08. The summed E-state index contributed by atoms with van der Waals surface area (Å²) in [5, 5.41) is 0. The molecule has 0 aliphatic rings. The predicted octanol–water partition coefficient (Wildman–Crippen LogP) is 3.82. The molecular weight excluding hydrogens is 250 g/mol. The Morgan fingerprint density at radius 3 is 1.70 bits per heavy atom. The van der Waals surface area contributed by atoms with Crippen molar-refractivity contribution in [3.8, 4) is 0 Å². The fourth-order valence-electron chi connectivity index (χ4n) is 0.862. The summed E-state index contributed by atoms with van der Waals surface area (Å²) >= 11 is -1.27. The van der Waals surface area contributed by atoms with Crippen LogP contribution in [0.2, 0.25) is 8.87 Å². The van der Waals surface area contributed by atoms with Gasteiger partial charge in [0.1, 0.15) is 0 Å². The van der Waals surface area contributed by atoms with Crippen LogP contribution in [0.4, 0.5) is 0 Å². The van der Waals surface area contributed by atoms with Crippen LogP contribution >= 0.6 is 8.92 Å². The molecule has 0 atom stereocenters. The molecule has 0 heterocycles. The first-order valence-corrected chi connectivity index (χ1v) is 12.0. The van der Waals surface area contributed by atoms with Crippen LogP contribution in [0.15, 0.2) is 0 Å². The fourth-order valence-corrected chi connectivity index (χ4v) is 7.58. The van der Waals surface area contributed by atoms with Crippen LogP contribution in [0, 0.1) is 0 Å². The van der Waals surface area contributed by atoms with E-state index in [4.69, 9.17) is 8.92 Å². The second kappa shape index (κ2) is 8.19. The zero-order valence-corrected chi connectivity index (χ0v) is 10.7. The van der Waals surface area contributed by atoms with Gasteiger partial charge in [0.15, 0.2) is 0 Å². The van der Waals surface area contributed by atoms with E-state index in [-0.39, 0.29) is 0 Å². The molecule has 0 aliphatic carbocycles. The van der Waals surface area contributed by atoms with Crippen LogP contribution < -0.4 is 0 Å². The summed E-state index contributed by atoms with van der Waals surface area (Å²) in [4.78, 5) is 0. The number of hydrogen-bond acceptors (Lipinski definition) is 0. The quantitative estimate of drug-likeness (QED) is 0.642. The van der Waals surface area contributed by atoms with Gasteiger partial charge in [0.05, 0.1) is 0 Å². The SMILES string of the molecule is CCC[CH2][Sn+]([Cl])[CH2]CCC. The van der Waals surface area contributed by atoms with E-state index in [1.807, 2.05) is 0 Å². The third-order valence-electron chi connectivity index (χ3n) is 1.60. The maximum absolute atomic E-state index is 6.24. The van der Waals surface area contributed by atoms with Crippen molar-refractivity contribution in [1.29, 1.82) is 0 Å². The van der Waals surface area contributed by atoms with E-state index in [0.717, 1.165) is 0 Å². The molecular formula is C8H18ClSn+. The summed E-state index contributed by atoms with van der Waals surface area (Å²) < 4.78 is 2.81. The monoisotopic (exact) mass is 269 g/mol. The van der Waals surface area contributed by atoms with Crippen molar-refractivity contribution >= 4 is 27.6 Å². The fraction of sp³-hybridized carbons (Fsp3) is 1.00. The van der Waals surface area contributed by atoms with Crippen LogP contribution in [-0.4, -0.2) is 18.6 Å². The van der Waals surface area contributed by atoms with Crippen molar-refractivity contribution in [3.63, 3.8) is 0 Å². The molecule has 0 aliphatic heterocycles. The molecule has 0 bridgehead atoms. The first-order chi connectivity index (χ1) is 4.81. The van der Waals surface area contributed by atoms with Crippen molar-refractivity contribution in [2.45, 2.75) is 48.4 Å². The van der Waals surface area contributed by atoms with Gasteiger partial charge in [0.25, 0.3) is 0 Å². The Labute approximate surface area is 75.8 Å². The van der Waals surface area contributed by atoms with Crippen LogP contribution in [0.3, 0.4) is 0 Å². The molecule has 0 spiro atoms. The summed E-state index contributed by atoms with van der Waals surface area (Å²) in [5.41, 5.74) is 0. The van der Waals surface area contributed by atoms with Gasteiger partial charge >= 0.3 is 76.0 Å². The minimum absolute atomic E-state index is 1.27. The molecule has 0 radical (unpaired) electrons. The normalized spacial score (nSPS) is 9.90. The van der Waals surface area contributed by atoms with Gasteiger partial charge in [-0.1, -0.05) is 0 Å². The molecule has 0 N–H and O–H groups in total. The molecule has 0 aromatic rings. The first kappa shape index (κ1) is 11.1.